The maximum absolute atomic E-state index is 5.88. The Kier molecular flexibility index (Phi) is 2.34. The summed E-state index contributed by atoms with van der Waals surface area (Å²) in [5.74, 6) is 0. The van der Waals surface area contributed by atoms with Crippen LogP contribution in [0.15, 0.2) is 36.7 Å². The van der Waals surface area contributed by atoms with Gasteiger partial charge in [0.05, 0.1) is 23.1 Å². The zero-order valence-electron chi connectivity index (χ0n) is 9.24. The van der Waals surface area contributed by atoms with Crippen molar-refractivity contribution in [2.24, 2.45) is 0 Å². The molecule has 1 N–H and O–H groups in total. The SMILES string of the molecule is Cc1cc(-c2ccc[nH]2)nc2cnc(Cl)cc12. The van der Waals surface area contributed by atoms with Crippen molar-refractivity contribution in [1.82, 2.24) is 15.0 Å². The third-order valence-electron chi connectivity index (χ3n) is 2.74. The number of halogens is 1. The number of nitrogens with zero attached hydrogens (tertiary/aromatic N) is 2. The minimum Gasteiger partial charge on any atom is -0.360 e. The quantitative estimate of drug-likeness (QED) is 0.664. The Morgan fingerprint density at radius 2 is 2.18 bits per heavy atom. The summed E-state index contributed by atoms with van der Waals surface area (Å²) in [6.45, 7) is 2.05. The lowest BCUT2D eigenvalue weighted by molar-refractivity contribution is 1.27. The molecule has 0 spiro atoms. The minimum atomic E-state index is 0.495. The lowest BCUT2D eigenvalue weighted by Gasteiger charge is -2.05. The molecule has 17 heavy (non-hydrogen) atoms. The Balaban J connectivity index is 2.28. The highest BCUT2D eigenvalue weighted by molar-refractivity contribution is 6.30. The molecule has 0 aliphatic rings. The lowest BCUT2D eigenvalue weighted by Crippen LogP contribution is -1.90. The van der Waals surface area contributed by atoms with Gasteiger partial charge >= 0.3 is 0 Å². The minimum absolute atomic E-state index is 0.495. The molecular weight excluding hydrogens is 234 g/mol. The second-order valence-electron chi connectivity index (χ2n) is 3.93. The summed E-state index contributed by atoms with van der Waals surface area (Å²) in [6.07, 6.45) is 3.59. The Morgan fingerprint density at radius 3 is 2.94 bits per heavy atom. The van der Waals surface area contributed by atoms with Gasteiger partial charge in [0, 0.05) is 11.6 Å². The smallest absolute Gasteiger partial charge is 0.129 e. The Bertz CT molecular complexity index is 674. The molecule has 4 heteroatoms. The second kappa shape index (κ2) is 3.86. The van der Waals surface area contributed by atoms with E-state index < -0.39 is 0 Å². The van der Waals surface area contributed by atoms with E-state index >= 15 is 0 Å². The van der Waals surface area contributed by atoms with E-state index in [9.17, 15) is 0 Å². The summed E-state index contributed by atoms with van der Waals surface area (Å²) in [5.41, 5.74) is 3.93. The number of fused-ring (bicyclic) bond motifs is 1. The van der Waals surface area contributed by atoms with Crippen molar-refractivity contribution in [2.45, 2.75) is 6.92 Å². The molecule has 84 valence electrons. The van der Waals surface area contributed by atoms with Crippen LogP contribution in [0.3, 0.4) is 0 Å². The average Bonchev–Trinajstić information content (AvgIpc) is 2.83. The van der Waals surface area contributed by atoms with Gasteiger partial charge in [0.1, 0.15) is 5.15 Å². The topological polar surface area (TPSA) is 41.6 Å². The van der Waals surface area contributed by atoms with Crippen LogP contribution in [0.1, 0.15) is 5.56 Å². The van der Waals surface area contributed by atoms with Crippen LogP contribution in [0.5, 0.6) is 0 Å². The Morgan fingerprint density at radius 1 is 1.29 bits per heavy atom. The van der Waals surface area contributed by atoms with E-state index in [1.165, 1.54) is 0 Å². The predicted octanol–water partition coefficient (Wildman–Crippen LogP) is 3.59. The van der Waals surface area contributed by atoms with Gasteiger partial charge in [-0.1, -0.05) is 11.6 Å². The standard InChI is InChI=1S/C13H10ClN3/c1-8-5-11(10-3-2-4-15-10)17-12-7-16-13(14)6-9(8)12/h2-7,15H,1H3. The number of hydrogen-bond donors (Lipinski definition) is 1. The second-order valence-corrected chi connectivity index (χ2v) is 4.32. The number of aryl methyl sites for hydroxylation is 1. The molecule has 0 bridgehead atoms. The normalized spacial score (nSPS) is 10.9. The fourth-order valence-electron chi connectivity index (χ4n) is 1.90. The van der Waals surface area contributed by atoms with Gasteiger partial charge in [0.2, 0.25) is 0 Å². The molecule has 0 aliphatic carbocycles. The summed E-state index contributed by atoms with van der Waals surface area (Å²) in [4.78, 5) is 11.8. The molecule has 0 saturated carbocycles. The number of rotatable bonds is 1. The highest BCUT2D eigenvalue weighted by atomic mass is 35.5. The van der Waals surface area contributed by atoms with Crippen molar-refractivity contribution in [1.29, 1.82) is 0 Å². The van der Waals surface area contributed by atoms with Crippen molar-refractivity contribution in [3.05, 3.63) is 47.4 Å². The first kappa shape index (κ1) is 10.3. The maximum Gasteiger partial charge on any atom is 0.129 e. The van der Waals surface area contributed by atoms with E-state index in [1.54, 1.807) is 6.20 Å². The van der Waals surface area contributed by atoms with Crippen LogP contribution < -0.4 is 0 Å². The van der Waals surface area contributed by atoms with Gasteiger partial charge in [-0.05, 0) is 36.8 Å². The van der Waals surface area contributed by atoms with Crippen LogP contribution in [0.4, 0.5) is 0 Å². The molecule has 3 nitrogen and oxygen atoms in total. The highest BCUT2D eigenvalue weighted by Crippen LogP contribution is 2.24. The number of H-pyrrole nitrogens is 1. The van der Waals surface area contributed by atoms with E-state index in [0.717, 1.165) is 27.9 Å². The van der Waals surface area contributed by atoms with Crippen LogP contribution >= 0.6 is 11.6 Å². The van der Waals surface area contributed by atoms with E-state index in [0.29, 0.717) is 5.15 Å². The molecule has 0 aliphatic heterocycles. The lowest BCUT2D eigenvalue weighted by atomic mass is 10.1. The van der Waals surface area contributed by atoms with E-state index in [1.807, 2.05) is 37.4 Å². The van der Waals surface area contributed by atoms with Gasteiger partial charge in [0.25, 0.3) is 0 Å². The molecular formula is C13H10ClN3. The van der Waals surface area contributed by atoms with E-state index in [-0.39, 0.29) is 0 Å². The summed E-state index contributed by atoms with van der Waals surface area (Å²) >= 11 is 5.88. The van der Waals surface area contributed by atoms with Gasteiger partial charge in [-0.2, -0.15) is 0 Å². The summed E-state index contributed by atoms with van der Waals surface area (Å²) in [6, 6.07) is 7.84. The summed E-state index contributed by atoms with van der Waals surface area (Å²) in [5, 5.41) is 1.54. The molecule has 0 amide bonds. The van der Waals surface area contributed by atoms with Crippen LogP contribution in [-0.2, 0) is 0 Å². The molecule has 0 fully saturated rings. The molecule has 0 saturated heterocycles. The molecule has 0 aromatic carbocycles. The molecule has 0 unspecified atom stereocenters. The number of nitrogens with one attached hydrogen (secondary N) is 1. The third-order valence-corrected chi connectivity index (χ3v) is 2.95. The molecule has 3 heterocycles. The maximum atomic E-state index is 5.88. The fraction of sp³-hybridized carbons (Fsp3) is 0.0769. The van der Waals surface area contributed by atoms with Crippen LogP contribution in [0, 0.1) is 6.92 Å². The van der Waals surface area contributed by atoms with E-state index in [2.05, 4.69) is 15.0 Å². The predicted molar refractivity (Wildman–Crippen MR) is 69.1 cm³/mol. The van der Waals surface area contributed by atoms with Crippen LogP contribution in [0.2, 0.25) is 5.15 Å². The van der Waals surface area contributed by atoms with Crippen LogP contribution in [-0.4, -0.2) is 15.0 Å². The summed E-state index contributed by atoms with van der Waals surface area (Å²) in [7, 11) is 0. The van der Waals surface area contributed by atoms with Gasteiger partial charge in [-0.3, -0.25) is 0 Å². The van der Waals surface area contributed by atoms with Gasteiger partial charge in [-0.15, -0.1) is 0 Å². The monoisotopic (exact) mass is 243 g/mol. The largest absolute Gasteiger partial charge is 0.360 e. The number of aromatic nitrogens is 3. The molecule has 3 aromatic heterocycles. The summed E-state index contributed by atoms with van der Waals surface area (Å²) < 4.78 is 0. The van der Waals surface area contributed by atoms with Crippen molar-refractivity contribution >= 4 is 22.5 Å². The van der Waals surface area contributed by atoms with Gasteiger partial charge in [0.15, 0.2) is 0 Å². The zero-order valence-corrected chi connectivity index (χ0v) is 9.99. The van der Waals surface area contributed by atoms with Crippen molar-refractivity contribution in [3.63, 3.8) is 0 Å². The Labute approximate surface area is 103 Å². The first-order valence-electron chi connectivity index (χ1n) is 5.31. The van der Waals surface area contributed by atoms with Crippen molar-refractivity contribution in [2.75, 3.05) is 0 Å². The van der Waals surface area contributed by atoms with Gasteiger partial charge < -0.3 is 4.98 Å². The Hall–Kier alpha value is -1.87. The van der Waals surface area contributed by atoms with Crippen LogP contribution in [0.25, 0.3) is 22.3 Å². The number of pyridine rings is 2. The zero-order chi connectivity index (χ0) is 11.8. The molecule has 0 radical (unpaired) electrons. The highest BCUT2D eigenvalue weighted by Gasteiger charge is 2.06. The van der Waals surface area contributed by atoms with Crippen molar-refractivity contribution < 1.29 is 0 Å². The molecule has 3 rings (SSSR count). The molecule has 0 atom stereocenters. The molecule has 3 aromatic rings. The number of hydrogen-bond acceptors (Lipinski definition) is 2. The first-order chi connectivity index (χ1) is 8.24. The number of aromatic amines is 1. The average molecular weight is 244 g/mol. The third kappa shape index (κ3) is 1.78. The van der Waals surface area contributed by atoms with E-state index in [4.69, 9.17) is 11.6 Å². The van der Waals surface area contributed by atoms with Crippen molar-refractivity contribution in [3.8, 4) is 11.4 Å². The van der Waals surface area contributed by atoms with Gasteiger partial charge in [-0.25, -0.2) is 9.97 Å². The first-order valence-corrected chi connectivity index (χ1v) is 5.68. The fourth-order valence-corrected chi connectivity index (χ4v) is 2.06.